The van der Waals surface area contributed by atoms with Gasteiger partial charge in [0.15, 0.2) is 5.69 Å². The number of carboxylic acids is 1. The summed E-state index contributed by atoms with van der Waals surface area (Å²) in [6.45, 7) is 5.45. The van der Waals surface area contributed by atoms with E-state index in [1.54, 1.807) is 17.0 Å². The Morgan fingerprint density at radius 3 is 2.56 bits per heavy atom. The van der Waals surface area contributed by atoms with Crippen LogP contribution in [0.4, 0.5) is 11.5 Å². The maximum atomic E-state index is 12.2. The van der Waals surface area contributed by atoms with Crippen LogP contribution in [-0.4, -0.2) is 33.0 Å². The SMILES string of the molecule is CC(=O)N1c2ccc(C(=O)O)cc2[C@H](Nc2cnc(C#N)cn2)[C@@H](C)[C@@H]1C. The van der Waals surface area contributed by atoms with Gasteiger partial charge in [-0.3, -0.25) is 4.79 Å². The van der Waals surface area contributed by atoms with E-state index in [-0.39, 0.29) is 35.2 Å². The third kappa shape index (κ3) is 3.31. The van der Waals surface area contributed by atoms with Crippen molar-refractivity contribution in [3.05, 3.63) is 47.4 Å². The third-order valence-electron chi connectivity index (χ3n) is 4.97. The zero-order valence-corrected chi connectivity index (χ0v) is 15.2. The average Bonchev–Trinajstić information content (AvgIpc) is 2.65. The number of benzene rings is 1. The molecule has 1 amide bonds. The van der Waals surface area contributed by atoms with E-state index in [0.29, 0.717) is 17.1 Å². The van der Waals surface area contributed by atoms with Crippen LogP contribution in [0.25, 0.3) is 0 Å². The topological polar surface area (TPSA) is 119 Å². The molecule has 3 rings (SSSR count). The van der Waals surface area contributed by atoms with Crippen molar-refractivity contribution >= 4 is 23.4 Å². The maximum Gasteiger partial charge on any atom is 0.335 e. The van der Waals surface area contributed by atoms with Gasteiger partial charge in [-0.2, -0.15) is 5.26 Å². The maximum absolute atomic E-state index is 12.2. The molecule has 3 atom stereocenters. The van der Waals surface area contributed by atoms with Gasteiger partial charge in [0.1, 0.15) is 11.9 Å². The molecule has 0 radical (unpaired) electrons. The summed E-state index contributed by atoms with van der Waals surface area (Å²) >= 11 is 0. The molecule has 0 aliphatic carbocycles. The van der Waals surface area contributed by atoms with Gasteiger partial charge in [-0.1, -0.05) is 6.92 Å². The largest absolute Gasteiger partial charge is 0.478 e. The van der Waals surface area contributed by atoms with Crippen molar-refractivity contribution in [2.24, 2.45) is 5.92 Å². The molecule has 138 valence electrons. The summed E-state index contributed by atoms with van der Waals surface area (Å²) in [7, 11) is 0. The number of nitriles is 1. The molecule has 0 unspecified atom stereocenters. The number of anilines is 2. The Morgan fingerprint density at radius 2 is 2.00 bits per heavy atom. The first-order valence-electron chi connectivity index (χ1n) is 8.49. The molecule has 2 heterocycles. The van der Waals surface area contributed by atoms with Crippen molar-refractivity contribution in [1.82, 2.24) is 9.97 Å². The van der Waals surface area contributed by atoms with Crippen LogP contribution in [0.15, 0.2) is 30.6 Å². The fourth-order valence-corrected chi connectivity index (χ4v) is 3.46. The molecule has 1 aromatic heterocycles. The van der Waals surface area contributed by atoms with Crippen molar-refractivity contribution in [2.75, 3.05) is 10.2 Å². The lowest BCUT2D eigenvalue weighted by molar-refractivity contribution is -0.117. The highest BCUT2D eigenvalue weighted by molar-refractivity contribution is 5.95. The molecule has 0 saturated carbocycles. The minimum Gasteiger partial charge on any atom is -0.478 e. The number of aromatic carboxylic acids is 1. The Bertz CT molecular complexity index is 935. The first-order chi connectivity index (χ1) is 12.8. The number of carboxylic acid groups (broad SMARTS) is 1. The lowest BCUT2D eigenvalue weighted by Crippen LogP contribution is -2.48. The van der Waals surface area contributed by atoms with Crippen molar-refractivity contribution in [3.63, 3.8) is 0 Å². The molecule has 0 fully saturated rings. The highest BCUT2D eigenvalue weighted by Gasteiger charge is 2.38. The average molecular weight is 365 g/mol. The van der Waals surface area contributed by atoms with Crippen LogP contribution in [0.5, 0.6) is 0 Å². The van der Waals surface area contributed by atoms with E-state index in [9.17, 15) is 14.7 Å². The molecule has 1 aliphatic rings. The van der Waals surface area contributed by atoms with Crippen LogP contribution in [0.3, 0.4) is 0 Å². The molecular formula is C19H19N5O3. The van der Waals surface area contributed by atoms with Crippen LogP contribution in [0, 0.1) is 17.2 Å². The van der Waals surface area contributed by atoms with Crippen molar-refractivity contribution in [1.29, 1.82) is 5.26 Å². The van der Waals surface area contributed by atoms with E-state index in [0.717, 1.165) is 0 Å². The van der Waals surface area contributed by atoms with Gasteiger partial charge in [-0.15, -0.1) is 0 Å². The molecule has 1 aromatic carbocycles. The van der Waals surface area contributed by atoms with Crippen LogP contribution < -0.4 is 10.2 Å². The number of rotatable bonds is 3. The van der Waals surface area contributed by atoms with Gasteiger partial charge < -0.3 is 15.3 Å². The van der Waals surface area contributed by atoms with E-state index >= 15 is 0 Å². The lowest BCUT2D eigenvalue weighted by atomic mass is 9.82. The highest BCUT2D eigenvalue weighted by atomic mass is 16.4. The molecular weight excluding hydrogens is 346 g/mol. The summed E-state index contributed by atoms with van der Waals surface area (Å²) in [5, 5.41) is 21.5. The van der Waals surface area contributed by atoms with E-state index in [4.69, 9.17) is 5.26 Å². The number of aromatic nitrogens is 2. The second-order valence-corrected chi connectivity index (χ2v) is 6.59. The van der Waals surface area contributed by atoms with Crippen molar-refractivity contribution < 1.29 is 14.7 Å². The fraction of sp³-hybridized carbons (Fsp3) is 0.316. The minimum absolute atomic E-state index is 0.0251. The summed E-state index contributed by atoms with van der Waals surface area (Å²) in [5.41, 5.74) is 1.75. The second kappa shape index (κ2) is 7.03. The molecule has 27 heavy (non-hydrogen) atoms. The highest BCUT2D eigenvalue weighted by Crippen LogP contribution is 2.42. The number of hydrogen-bond acceptors (Lipinski definition) is 6. The van der Waals surface area contributed by atoms with Gasteiger partial charge in [0.05, 0.1) is 24.0 Å². The first kappa shape index (κ1) is 18.3. The lowest BCUT2D eigenvalue weighted by Gasteiger charge is -2.44. The van der Waals surface area contributed by atoms with Crippen LogP contribution in [0.2, 0.25) is 0 Å². The molecule has 2 aromatic rings. The Balaban J connectivity index is 2.08. The van der Waals surface area contributed by atoms with Gasteiger partial charge in [0, 0.05) is 24.6 Å². The van der Waals surface area contributed by atoms with Gasteiger partial charge in [-0.25, -0.2) is 14.8 Å². The number of carbonyl (C=O) groups is 2. The van der Waals surface area contributed by atoms with E-state index < -0.39 is 5.97 Å². The van der Waals surface area contributed by atoms with Gasteiger partial charge in [0.2, 0.25) is 5.91 Å². The van der Waals surface area contributed by atoms with Crippen LogP contribution in [0.1, 0.15) is 48.4 Å². The molecule has 0 saturated heterocycles. The van der Waals surface area contributed by atoms with E-state index in [1.807, 2.05) is 19.9 Å². The second-order valence-electron chi connectivity index (χ2n) is 6.59. The standard InChI is InChI=1S/C19H19N5O3/c1-10-11(2)24(12(3)25)16-5-4-13(19(26)27)6-15(16)18(10)23-17-9-21-14(7-20)8-22-17/h4-6,8-11,18H,1-3H3,(H,22,23)(H,26,27)/t10-,11-,18+/m0/s1. The molecule has 0 bridgehead atoms. The summed E-state index contributed by atoms with van der Waals surface area (Å²) < 4.78 is 0. The molecule has 8 heteroatoms. The Hall–Kier alpha value is -3.47. The van der Waals surface area contributed by atoms with Crippen LogP contribution >= 0.6 is 0 Å². The Morgan fingerprint density at radius 1 is 1.26 bits per heavy atom. The van der Waals surface area contributed by atoms with Gasteiger partial charge in [0.25, 0.3) is 0 Å². The van der Waals surface area contributed by atoms with Crippen molar-refractivity contribution in [2.45, 2.75) is 32.9 Å². The monoisotopic (exact) mass is 365 g/mol. The molecule has 2 N–H and O–H groups in total. The number of fused-ring (bicyclic) bond motifs is 1. The smallest absolute Gasteiger partial charge is 0.335 e. The zero-order chi connectivity index (χ0) is 19.7. The minimum atomic E-state index is -1.03. The summed E-state index contributed by atoms with van der Waals surface area (Å²) in [5.74, 6) is -0.686. The quantitative estimate of drug-likeness (QED) is 0.858. The van der Waals surface area contributed by atoms with Crippen LogP contribution in [-0.2, 0) is 4.79 Å². The predicted molar refractivity (Wildman–Crippen MR) is 98.3 cm³/mol. The van der Waals surface area contributed by atoms with Gasteiger partial charge >= 0.3 is 5.97 Å². The first-order valence-corrected chi connectivity index (χ1v) is 8.49. The zero-order valence-electron chi connectivity index (χ0n) is 15.2. The summed E-state index contributed by atoms with van der Waals surface area (Å²) in [6, 6.07) is 6.30. The van der Waals surface area contributed by atoms with E-state index in [1.165, 1.54) is 25.4 Å². The third-order valence-corrected chi connectivity index (χ3v) is 4.97. The van der Waals surface area contributed by atoms with E-state index in [2.05, 4.69) is 15.3 Å². The predicted octanol–water partition coefficient (Wildman–Crippen LogP) is 2.59. The Kier molecular flexibility index (Phi) is 4.77. The number of nitrogens with one attached hydrogen (secondary N) is 1. The van der Waals surface area contributed by atoms with Crippen molar-refractivity contribution in [3.8, 4) is 6.07 Å². The number of hydrogen-bond donors (Lipinski definition) is 2. The Labute approximate surface area is 156 Å². The normalized spacial score (nSPS) is 21.1. The fourth-order valence-electron chi connectivity index (χ4n) is 3.46. The summed E-state index contributed by atoms with van der Waals surface area (Å²) in [4.78, 5) is 33.5. The molecule has 0 spiro atoms. The number of carbonyl (C=O) groups excluding carboxylic acids is 1. The molecule has 8 nitrogen and oxygen atoms in total. The molecule has 1 aliphatic heterocycles. The van der Waals surface area contributed by atoms with Gasteiger partial charge in [-0.05, 0) is 30.7 Å². The number of amides is 1. The number of nitrogens with zero attached hydrogens (tertiary/aromatic N) is 4. The summed E-state index contributed by atoms with van der Waals surface area (Å²) in [6.07, 6.45) is 2.84.